The van der Waals surface area contributed by atoms with E-state index in [2.05, 4.69) is 17.2 Å². The van der Waals surface area contributed by atoms with E-state index >= 15 is 0 Å². The first-order valence-corrected chi connectivity index (χ1v) is 9.96. The topological polar surface area (TPSA) is 80.5 Å². The van der Waals surface area contributed by atoms with E-state index in [9.17, 15) is 9.90 Å². The van der Waals surface area contributed by atoms with Gasteiger partial charge in [-0.05, 0) is 42.7 Å². The maximum atomic E-state index is 12.3. The molecule has 0 saturated heterocycles. The lowest BCUT2D eigenvalue weighted by Gasteiger charge is -2.26. The summed E-state index contributed by atoms with van der Waals surface area (Å²) in [4.78, 5) is 12.3. The molecule has 2 aromatic carbocycles. The molecular formula is C23H28N2O4. The van der Waals surface area contributed by atoms with Crippen LogP contribution >= 0.6 is 0 Å². The van der Waals surface area contributed by atoms with Gasteiger partial charge in [-0.3, -0.25) is 4.79 Å². The van der Waals surface area contributed by atoms with Crippen LogP contribution in [0.4, 0.5) is 5.69 Å². The minimum absolute atomic E-state index is 0.0584. The van der Waals surface area contributed by atoms with Gasteiger partial charge in [-0.15, -0.1) is 0 Å². The van der Waals surface area contributed by atoms with Gasteiger partial charge >= 0.3 is 5.97 Å². The fourth-order valence-electron chi connectivity index (χ4n) is 3.76. The third-order valence-electron chi connectivity index (χ3n) is 5.50. The summed E-state index contributed by atoms with van der Waals surface area (Å²) >= 11 is 0. The van der Waals surface area contributed by atoms with Crippen molar-refractivity contribution >= 4 is 11.7 Å². The zero-order valence-electron chi connectivity index (χ0n) is 17.4. The van der Waals surface area contributed by atoms with Crippen LogP contribution in [0.3, 0.4) is 0 Å². The van der Waals surface area contributed by atoms with Crippen molar-refractivity contribution in [2.45, 2.75) is 51.7 Å². The molecule has 3 rings (SSSR count). The average molecular weight is 396 g/mol. The van der Waals surface area contributed by atoms with Crippen LogP contribution in [0, 0.1) is 0 Å². The molecule has 3 unspecified atom stereocenters. The van der Waals surface area contributed by atoms with E-state index in [0.717, 1.165) is 33.7 Å². The Balaban J connectivity index is 2.10. The summed E-state index contributed by atoms with van der Waals surface area (Å²) in [6.07, 6.45) is 0.188. The Morgan fingerprint density at radius 2 is 2.00 bits per heavy atom. The van der Waals surface area contributed by atoms with Crippen molar-refractivity contribution in [2.75, 3.05) is 13.7 Å². The minimum atomic E-state index is -0.271. The van der Waals surface area contributed by atoms with Crippen LogP contribution in [0.5, 0.6) is 5.75 Å². The van der Waals surface area contributed by atoms with Crippen LogP contribution < -0.4 is 4.74 Å². The number of hydrogen-bond acceptors (Lipinski definition) is 6. The summed E-state index contributed by atoms with van der Waals surface area (Å²) < 4.78 is 10.9. The molecule has 1 heterocycles. The van der Waals surface area contributed by atoms with Crippen molar-refractivity contribution in [3.63, 3.8) is 0 Å². The molecule has 0 spiro atoms. The number of esters is 1. The molecule has 6 heteroatoms. The number of hydrogen-bond donors (Lipinski definition) is 1. The molecular weight excluding hydrogens is 368 g/mol. The SMILES string of the molecule is CCOC(=O)CC(c1cccc(CO)c1)c1cc2c(c(OC)c1)C(C)C(C)N=N2. The van der Waals surface area contributed by atoms with Gasteiger partial charge in [0.15, 0.2) is 0 Å². The average Bonchev–Trinajstić information content (AvgIpc) is 2.74. The lowest BCUT2D eigenvalue weighted by atomic mass is 9.84. The van der Waals surface area contributed by atoms with E-state index in [-0.39, 0.29) is 36.9 Å². The molecule has 1 aliphatic rings. The molecule has 0 radical (unpaired) electrons. The third-order valence-corrected chi connectivity index (χ3v) is 5.50. The number of carbonyl (C=O) groups excluding carboxylic acids is 1. The second kappa shape index (κ2) is 9.18. The Kier molecular flexibility index (Phi) is 6.64. The van der Waals surface area contributed by atoms with Crippen molar-refractivity contribution in [2.24, 2.45) is 10.2 Å². The molecule has 0 bridgehead atoms. The summed E-state index contributed by atoms with van der Waals surface area (Å²) in [5.41, 5.74) is 4.45. The number of benzene rings is 2. The van der Waals surface area contributed by atoms with Gasteiger partial charge in [0.05, 0.1) is 38.5 Å². The van der Waals surface area contributed by atoms with Crippen LogP contribution in [0.25, 0.3) is 0 Å². The maximum absolute atomic E-state index is 12.3. The highest BCUT2D eigenvalue weighted by Crippen LogP contribution is 2.44. The van der Waals surface area contributed by atoms with Crippen molar-refractivity contribution in [3.05, 3.63) is 58.7 Å². The second-order valence-electron chi connectivity index (χ2n) is 7.37. The molecule has 3 atom stereocenters. The van der Waals surface area contributed by atoms with Crippen LogP contribution in [0.15, 0.2) is 46.6 Å². The molecule has 0 saturated carbocycles. The summed E-state index contributed by atoms with van der Waals surface area (Å²) in [5.74, 6) is 0.423. The van der Waals surface area contributed by atoms with Crippen LogP contribution in [-0.2, 0) is 16.1 Å². The smallest absolute Gasteiger partial charge is 0.306 e. The summed E-state index contributed by atoms with van der Waals surface area (Å²) in [5, 5.41) is 18.3. The van der Waals surface area contributed by atoms with Crippen LogP contribution in [-0.4, -0.2) is 30.8 Å². The van der Waals surface area contributed by atoms with E-state index < -0.39 is 0 Å². The highest BCUT2D eigenvalue weighted by atomic mass is 16.5. The number of carbonyl (C=O) groups is 1. The number of ether oxygens (including phenoxy) is 2. The summed E-state index contributed by atoms with van der Waals surface area (Å²) in [6.45, 7) is 6.22. The molecule has 29 heavy (non-hydrogen) atoms. The van der Waals surface area contributed by atoms with Gasteiger partial charge in [0.2, 0.25) is 0 Å². The number of rotatable bonds is 7. The molecule has 0 amide bonds. The molecule has 1 N–H and O–H groups in total. The second-order valence-corrected chi connectivity index (χ2v) is 7.37. The molecule has 6 nitrogen and oxygen atoms in total. The Morgan fingerprint density at radius 3 is 2.69 bits per heavy atom. The van der Waals surface area contributed by atoms with E-state index in [4.69, 9.17) is 9.47 Å². The monoisotopic (exact) mass is 396 g/mol. The maximum Gasteiger partial charge on any atom is 0.306 e. The van der Waals surface area contributed by atoms with Crippen LogP contribution in [0.1, 0.15) is 61.3 Å². The third kappa shape index (κ3) is 4.48. The molecule has 1 aliphatic heterocycles. The molecule has 0 aliphatic carbocycles. The largest absolute Gasteiger partial charge is 0.496 e. The first-order chi connectivity index (χ1) is 14.0. The molecule has 154 valence electrons. The van der Waals surface area contributed by atoms with E-state index in [0.29, 0.717) is 6.61 Å². The highest BCUT2D eigenvalue weighted by molar-refractivity contribution is 5.72. The van der Waals surface area contributed by atoms with Gasteiger partial charge in [-0.2, -0.15) is 10.2 Å². The predicted octanol–water partition coefficient (Wildman–Crippen LogP) is 4.86. The highest BCUT2D eigenvalue weighted by Gasteiger charge is 2.28. The normalized spacial score (nSPS) is 18.8. The number of aliphatic hydroxyl groups excluding tert-OH is 1. The quantitative estimate of drug-likeness (QED) is 0.678. The number of methoxy groups -OCH3 is 1. The Bertz CT molecular complexity index is 910. The number of fused-ring (bicyclic) bond motifs is 1. The number of azo groups is 1. The van der Waals surface area contributed by atoms with E-state index in [1.54, 1.807) is 14.0 Å². The first-order valence-electron chi connectivity index (χ1n) is 9.96. The minimum Gasteiger partial charge on any atom is -0.496 e. The Morgan fingerprint density at radius 1 is 1.21 bits per heavy atom. The van der Waals surface area contributed by atoms with Crippen molar-refractivity contribution < 1.29 is 19.4 Å². The molecule has 2 aromatic rings. The van der Waals surface area contributed by atoms with Crippen molar-refractivity contribution in [1.29, 1.82) is 0 Å². The van der Waals surface area contributed by atoms with Gasteiger partial charge < -0.3 is 14.6 Å². The lowest BCUT2D eigenvalue weighted by Crippen LogP contribution is -2.16. The summed E-state index contributed by atoms with van der Waals surface area (Å²) in [6, 6.07) is 11.7. The first kappa shape index (κ1) is 21.0. The Labute approximate surface area is 171 Å². The van der Waals surface area contributed by atoms with Gasteiger partial charge in [0.25, 0.3) is 0 Å². The van der Waals surface area contributed by atoms with Gasteiger partial charge in [0, 0.05) is 17.4 Å². The Hall–Kier alpha value is -2.73. The van der Waals surface area contributed by atoms with Crippen LogP contribution in [0.2, 0.25) is 0 Å². The zero-order valence-corrected chi connectivity index (χ0v) is 17.4. The fourth-order valence-corrected chi connectivity index (χ4v) is 3.76. The van der Waals surface area contributed by atoms with Gasteiger partial charge in [-0.25, -0.2) is 0 Å². The summed E-state index contributed by atoms with van der Waals surface area (Å²) in [7, 11) is 1.65. The fraction of sp³-hybridized carbons (Fsp3) is 0.435. The van der Waals surface area contributed by atoms with Gasteiger partial charge in [0.1, 0.15) is 5.75 Å². The lowest BCUT2D eigenvalue weighted by molar-refractivity contribution is -0.143. The molecule has 0 fully saturated rings. The zero-order chi connectivity index (χ0) is 21.0. The van der Waals surface area contributed by atoms with Gasteiger partial charge in [-0.1, -0.05) is 31.2 Å². The predicted molar refractivity (Wildman–Crippen MR) is 111 cm³/mol. The number of aliphatic hydroxyl groups is 1. The van der Waals surface area contributed by atoms with Crippen molar-refractivity contribution in [3.8, 4) is 5.75 Å². The van der Waals surface area contributed by atoms with E-state index in [1.165, 1.54) is 0 Å². The standard InChI is InChI=1S/C23H28N2O4/c1-5-29-22(27)12-19(17-8-6-7-16(9-17)13-26)18-10-20-23(21(11-18)28-4)14(2)15(3)24-25-20/h6-11,14-15,19,26H,5,12-13H2,1-4H3. The number of nitrogens with zero attached hydrogens (tertiary/aromatic N) is 2. The van der Waals surface area contributed by atoms with Crippen molar-refractivity contribution in [1.82, 2.24) is 0 Å². The van der Waals surface area contributed by atoms with E-state index in [1.807, 2.05) is 43.3 Å². The molecule has 0 aromatic heterocycles.